The van der Waals surface area contributed by atoms with Gasteiger partial charge in [0.1, 0.15) is 10.6 Å². The largest absolute Gasteiger partial charge is 0.360 e. The molecule has 0 aromatic carbocycles. The minimum absolute atomic E-state index is 0.0596. The second kappa shape index (κ2) is 6.42. The highest BCUT2D eigenvalue weighted by Gasteiger charge is 2.36. The summed E-state index contributed by atoms with van der Waals surface area (Å²) in [7, 11) is -3.63. The van der Waals surface area contributed by atoms with Crippen LogP contribution in [0.25, 0.3) is 0 Å². The molecule has 2 saturated heterocycles. The highest BCUT2D eigenvalue weighted by atomic mass is 32.2. The third-order valence-electron chi connectivity index (χ3n) is 4.13. The molecule has 3 rings (SSSR count). The summed E-state index contributed by atoms with van der Waals surface area (Å²) < 4.78 is 31.8. The van der Waals surface area contributed by atoms with Gasteiger partial charge in [-0.2, -0.15) is 4.31 Å². The van der Waals surface area contributed by atoms with Crippen molar-refractivity contribution in [2.45, 2.75) is 24.8 Å². The van der Waals surface area contributed by atoms with Gasteiger partial charge in [-0.15, -0.1) is 11.8 Å². The third kappa shape index (κ3) is 3.12. The molecule has 0 spiro atoms. The first-order valence-electron chi connectivity index (χ1n) is 7.44. The summed E-state index contributed by atoms with van der Waals surface area (Å²) in [5.41, 5.74) is 0.369. The summed E-state index contributed by atoms with van der Waals surface area (Å²) in [6.07, 6.45) is 0. The first-order chi connectivity index (χ1) is 10.9. The first kappa shape index (κ1) is 16.7. The van der Waals surface area contributed by atoms with Gasteiger partial charge in [-0.1, -0.05) is 5.16 Å². The van der Waals surface area contributed by atoms with Gasteiger partial charge in [-0.25, -0.2) is 8.42 Å². The third-order valence-corrected chi connectivity index (χ3v) is 7.21. The van der Waals surface area contributed by atoms with Crippen molar-refractivity contribution in [3.8, 4) is 0 Å². The molecule has 0 saturated carbocycles. The maximum Gasteiger partial charge on any atom is 0.248 e. The number of amides is 1. The number of aromatic nitrogens is 1. The van der Waals surface area contributed by atoms with E-state index in [4.69, 9.17) is 4.52 Å². The van der Waals surface area contributed by atoms with Gasteiger partial charge in [0.2, 0.25) is 15.9 Å². The van der Waals surface area contributed by atoms with E-state index in [2.05, 4.69) is 10.5 Å². The predicted octanol–water partition coefficient (Wildman–Crippen LogP) is -0.213. The van der Waals surface area contributed by atoms with Crippen LogP contribution in [0.5, 0.6) is 0 Å². The van der Waals surface area contributed by atoms with E-state index in [0.29, 0.717) is 24.5 Å². The Hall–Kier alpha value is -1.10. The van der Waals surface area contributed by atoms with Gasteiger partial charge in [-0.3, -0.25) is 10.1 Å². The highest BCUT2D eigenvalue weighted by molar-refractivity contribution is 7.99. The summed E-state index contributed by atoms with van der Waals surface area (Å²) in [5, 5.41) is 6.87. The zero-order valence-electron chi connectivity index (χ0n) is 13.1. The Bertz CT molecular complexity index is 669. The molecule has 3 heterocycles. The molecule has 23 heavy (non-hydrogen) atoms. The zero-order chi connectivity index (χ0) is 16.6. The molecule has 1 aromatic rings. The summed E-state index contributed by atoms with van der Waals surface area (Å²) in [5.74, 6) is 1.92. The molecule has 8 nitrogen and oxygen atoms in total. The molecular formula is C13H20N4O4S2. The van der Waals surface area contributed by atoms with Crippen molar-refractivity contribution in [2.75, 3.05) is 37.8 Å². The molecule has 1 atom stereocenters. The van der Waals surface area contributed by atoms with Crippen LogP contribution in [-0.2, 0) is 14.8 Å². The molecule has 1 aromatic heterocycles. The number of carbonyl (C=O) groups is 1. The number of aryl methyl sites for hydroxylation is 2. The smallest absolute Gasteiger partial charge is 0.248 e. The van der Waals surface area contributed by atoms with E-state index in [0.717, 1.165) is 11.6 Å². The lowest BCUT2D eigenvalue weighted by Gasteiger charge is -2.35. The van der Waals surface area contributed by atoms with Crippen LogP contribution >= 0.6 is 11.8 Å². The van der Waals surface area contributed by atoms with Gasteiger partial charge in [0, 0.05) is 37.8 Å². The number of nitrogens with zero attached hydrogens (tertiary/aromatic N) is 3. The van der Waals surface area contributed by atoms with Crippen LogP contribution in [0.3, 0.4) is 0 Å². The molecule has 2 fully saturated rings. The zero-order valence-corrected chi connectivity index (χ0v) is 14.7. The Morgan fingerprint density at radius 3 is 2.52 bits per heavy atom. The maximum atomic E-state index is 12.7. The Labute approximate surface area is 139 Å². The van der Waals surface area contributed by atoms with Crippen LogP contribution in [-0.4, -0.2) is 72.5 Å². The number of rotatable bonds is 3. The van der Waals surface area contributed by atoms with E-state index < -0.39 is 10.0 Å². The first-order valence-corrected chi connectivity index (χ1v) is 10.0. The Kier molecular flexibility index (Phi) is 4.68. The summed E-state index contributed by atoms with van der Waals surface area (Å²) >= 11 is 1.70. The molecule has 0 aliphatic carbocycles. The van der Waals surface area contributed by atoms with Gasteiger partial charge in [0.15, 0.2) is 5.76 Å². The van der Waals surface area contributed by atoms with Gasteiger partial charge in [0.05, 0.1) is 6.04 Å². The van der Waals surface area contributed by atoms with Crippen molar-refractivity contribution in [1.29, 1.82) is 0 Å². The fraction of sp³-hybridized carbons (Fsp3) is 0.692. The minimum atomic E-state index is -3.63. The lowest BCUT2D eigenvalue weighted by molar-refractivity contribution is -0.133. The van der Waals surface area contributed by atoms with E-state index in [1.54, 1.807) is 30.5 Å². The second-order valence-electron chi connectivity index (χ2n) is 5.65. The van der Waals surface area contributed by atoms with Crippen LogP contribution in [0.2, 0.25) is 0 Å². The highest BCUT2D eigenvalue weighted by Crippen LogP contribution is 2.24. The summed E-state index contributed by atoms with van der Waals surface area (Å²) in [4.78, 5) is 14.2. The van der Waals surface area contributed by atoms with Crippen molar-refractivity contribution in [1.82, 2.24) is 19.7 Å². The fourth-order valence-corrected chi connectivity index (χ4v) is 5.54. The van der Waals surface area contributed by atoms with Crippen molar-refractivity contribution >= 4 is 27.7 Å². The lowest BCUT2D eigenvalue weighted by Crippen LogP contribution is -2.54. The second-order valence-corrected chi connectivity index (χ2v) is 8.56. The van der Waals surface area contributed by atoms with Crippen LogP contribution < -0.4 is 5.32 Å². The molecule has 1 amide bonds. The number of carbonyl (C=O) groups excluding carboxylic acids is 1. The minimum Gasteiger partial charge on any atom is -0.360 e. The summed E-state index contributed by atoms with van der Waals surface area (Å²) in [6, 6.07) is -0.147. The molecule has 2 aliphatic rings. The SMILES string of the molecule is Cc1noc(C)c1S(=O)(=O)N1CCN(C(=O)C2CSCN2)CC1. The van der Waals surface area contributed by atoms with Gasteiger partial charge in [0.25, 0.3) is 0 Å². The Morgan fingerprint density at radius 2 is 2.00 bits per heavy atom. The number of piperazine rings is 1. The molecular weight excluding hydrogens is 340 g/mol. The Balaban J connectivity index is 1.68. The van der Waals surface area contributed by atoms with Crippen LogP contribution in [0.4, 0.5) is 0 Å². The van der Waals surface area contributed by atoms with Crippen LogP contribution in [0, 0.1) is 13.8 Å². The van der Waals surface area contributed by atoms with Crippen molar-refractivity contribution in [2.24, 2.45) is 0 Å². The number of sulfonamides is 1. The monoisotopic (exact) mass is 360 g/mol. The van der Waals surface area contributed by atoms with E-state index in [1.807, 2.05) is 0 Å². The van der Waals surface area contributed by atoms with Gasteiger partial charge in [-0.05, 0) is 13.8 Å². The average molecular weight is 360 g/mol. The topological polar surface area (TPSA) is 95.8 Å². The molecule has 1 unspecified atom stereocenters. The summed E-state index contributed by atoms with van der Waals surface area (Å²) in [6.45, 7) is 4.60. The molecule has 2 aliphatic heterocycles. The van der Waals surface area contributed by atoms with Gasteiger partial charge >= 0.3 is 0 Å². The molecule has 0 radical (unpaired) electrons. The average Bonchev–Trinajstić information content (AvgIpc) is 3.17. The van der Waals surface area contributed by atoms with E-state index in [9.17, 15) is 13.2 Å². The number of hydrogen-bond donors (Lipinski definition) is 1. The number of nitrogens with one attached hydrogen (secondary N) is 1. The molecule has 128 valence electrons. The van der Waals surface area contributed by atoms with Crippen molar-refractivity contribution < 1.29 is 17.7 Å². The molecule has 10 heteroatoms. The maximum absolute atomic E-state index is 12.7. The quantitative estimate of drug-likeness (QED) is 0.796. The van der Waals surface area contributed by atoms with Crippen molar-refractivity contribution in [3.63, 3.8) is 0 Å². The lowest BCUT2D eigenvalue weighted by atomic mass is 10.2. The Morgan fingerprint density at radius 1 is 1.30 bits per heavy atom. The van der Waals surface area contributed by atoms with Crippen LogP contribution in [0.15, 0.2) is 9.42 Å². The standard InChI is InChI=1S/C13H20N4O4S2/c1-9-12(10(2)21-15-9)23(19,20)17-5-3-16(4-6-17)13(18)11-7-22-8-14-11/h11,14H,3-8H2,1-2H3. The van der Waals surface area contributed by atoms with E-state index >= 15 is 0 Å². The van der Waals surface area contributed by atoms with E-state index in [-0.39, 0.29) is 29.9 Å². The molecule has 1 N–H and O–H groups in total. The number of thioether (sulfide) groups is 1. The van der Waals surface area contributed by atoms with Crippen molar-refractivity contribution in [3.05, 3.63) is 11.5 Å². The predicted molar refractivity (Wildman–Crippen MR) is 85.6 cm³/mol. The normalized spacial score (nSPS) is 23.4. The van der Waals surface area contributed by atoms with Crippen LogP contribution in [0.1, 0.15) is 11.5 Å². The van der Waals surface area contributed by atoms with Gasteiger partial charge < -0.3 is 9.42 Å². The number of hydrogen-bond acceptors (Lipinski definition) is 7. The van der Waals surface area contributed by atoms with E-state index in [1.165, 1.54) is 4.31 Å². The fourth-order valence-electron chi connectivity index (χ4n) is 2.90. The molecule has 0 bridgehead atoms.